The van der Waals surface area contributed by atoms with Crippen molar-refractivity contribution in [2.24, 2.45) is 11.8 Å². The van der Waals surface area contributed by atoms with Gasteiger partial charge in [0.05, 0.1) is 12.0 Å². The number of carboxylic acids is 1. The van der Waals surface area contributed by atoms with Crippen LogP contribution in [0, 0.1) is 11.8 Å². The summed E-state index contributed by atoms with van der Waals surface area (Å²) in [7, 11) is 0. The minimum absolute atomic E-state index is 0.0649. The Labute approximate surface area is 221 Å². The van der Waals surface area contributed by atoms with Crippen LogP contribution in [0.4, 0.5) is 0 Å². The third-order valence-electron chi connectivity index (χ3n) is 6.20. The molecule has 1 aromatic rings. The molecule has 0 fully saturated rings. The second kappa shape index (κ2) is 17.5. The van der Waals surface area contributed by atoms with Crippen LogP contribution in [0.1, 0.15) is 98.1 Å². The van der Waals surface area contributed by atoms with Crippen LogP contribution in [0.3, 0.4) is 0 Å². The maximum absolute atomic E-state index is 13.3. The number of hydrogen-bond donors (Lipinski definition) is 5. The molecule has 210 valence electrons. The molecule has 3 amide bonds. The average molecular weight is 522 g/mol. The Hall–Kier alpha value is -2.91. The van der Waals surface area contributed by atoms with E-state index >= 15 is 0 Å². The molecule has 10 nitrogen and oxygen atoms in total. The molecule has 0 aromatic carbocycles. The molecule has 5 N–H and O–H groups in total. The summed E-state index contributed by atoms with van der Waals surface area (Å²) >= 11 is 0. The number of carbonyl (C=O) groups excluding carboxylic acids is 3. The number of carboxylic acid groups (broad SMARTS) is 1. The zero-order valence-electron chi connectivity index (χ0n) is 23.1. The van der Waals surface area contributed by atoms with E-state index in [4.69, 9.17) is 0 Å². The Morgan fingerprint density at radius 1 is 0.892 bits per heavy atom. The van der Waals surface area contributed by atoms with Gasteiger partial charge in [-0.25, -0.2) is 9.78 Å². The monoisotopic (exact) mass is 521 g/mol. The first-order chi connectivity index (χ1) is 17.5. The molecule has 37 heavy (non-hydrogen) atoms. The molecule has 0 saturated carbocycles. The van der Waals surface area contributed by atoms with Crippen molar-refractivity contribution in [3.05, 3.63) is 18.2 Å². The van der Waals surface area contributed by atoms with Gasteiger partial charge < -0.3 is 26.0 Å². The SMILES string of the molecule is CCCCCCCCCC(=O)NC(Cc1c[nH]cn1)C(=O)NC(CC(C)C)C(=O)NC(C(=O)O)C(C)C. The van der Waals surface area contributed by atoms with Crippen molar-refractivity contribution in [3.8, 4) is 0 Å². The van der Waals surface area contributed by atoms with Crippen molar-refractivity contribution in [1.29, 1.82) is 0 Å². The van der Waals surface area contributed by atoms with Crippen LogP contribution in [-0.4, -0.2) is 56.9 Å². The second-order valence-corrected chi connectivity index (χ2v) is 10.5. The van der Waals surface area contributed by atoms with Crippen molar-refractivity contribution in [2.75, 3.05) is 0 Å². The molecule has 3 atom stereocenters. The Balaban J connectivity index is 2.83. The van der Waals surface area contributed by atoms with Gasteiger partial charge in [-0.1, -0.05) is 73.1 Å². The number of nitrogens with zero attached hydrogens (tertiary/aromatic N) is 1. The number of unbranched alkanes of at least 4 members (excludes halogenated alkanes) is 6. The topological polar surface area (TPSA) is 153 Å². The maximum Gasteiger partial charge on any atom is 0.326 e. The standard InChI is InChI=1S/C27H47N5O5/c1-6-7-8-9-10-11-12-13-23(33)30-22(15-20-16-28-17-29-20)25(34)31-21(14-18(2)3)26(35)32-24(19(4)5)27(36)37/h16-19,21-22,24H,6-15H2,1-5H3,(H,28,29)(H,30,33)(H,31,34)(H,32,35)(H,36,37). The molecule has 0 aliphatic rings. The van der Waals surface area contributed by atoms with Gasteiger partial charge in [0.1, 0.15) is 18.1 Å². The molecule has 0 radical (unpaired) electrons. The fourth-order valence-electron chi connectivity index (χ4n) is 4.07. The van der Waals surface area contributed by atoms with Gasteiger partial charge in [-0.3, -0.25) is 14.4 Å². The molecule has 10 heteroatoms. The van der Waals surface area contributed by atoms with E-state index in [1.54, 1.807) is 20.0 Å². The highest BCUT2D eigenvalue weighted by Gasteiger charge is 2.31. The summed E-state index contributed by atoms with van der Waals surface area (Å²) in [6.07, 6.45) is 11.6. The van der Waals surface area contributed by atoms with Crippen LogP contribution in [0.2, 0.25) is 0 Å². The van der Waals surface area contributed by atoms with E-state index in [1.165, 1.54) is 32.0 Å². The third-order valence-corrected chi connectivity index (χ3v) is 6.20. The summed E-state index contributed by atoms with van der Waals surface area (Å²) in [6, 6.07) is -2.92. The number of imidazole rings is 1. The molecule has 3 unspecified atom stereocenters. The van der Waals surface area contributed by atoms with Crippen molar-refractivity contribution in [2.45, 2.75) is 117 Å². The van der Waals surface area contributed by atoms with Crippen molar-refractivity contribution in [3.63, 3.8) is 0 Å². The number of aliphatic carboxylic acids is 1. The van der Waals surface area contributed by atoms with Gasteiger partial charge in [-0.15, -0.1) is 0 Å². The Kier molecular flexibility index (Phi) is 15.2. The van der Waals surface area contributed by atoms with Crippen molar-refractivity contribution >= 4 is 23.7 Å². The lowest BCUT2D eigenvalue weighted by molar-refractivity contribution is -0.143. The van der Waals surface area contributed by atoms with E-state index in [1.807, 2.05) is 13.8 Å². The number of hydrogen-bond acceptors (Lipinski definition) is 5. The zero-order valence-corrected chi connectivity index (χ0v) is 23.1. The third kappa shape index (κ3) is 13.3. The van der Waals surface area contributed by atoms with Crippen molar-refractivity contribution < 1.29 is 24.3 Å². The normalized spacial score (nSPS) is 13.7. The summed E-state index contributed by atoms with van der Waals surface area (Å²) in [6.45, 7) is 9.41. The first kappa shape index (κ1) is 32.1. The molecule has 0 aliphatic carbocycles. The van der Waals surface area contributed by atoms with Crippen molar-refractivity contribution in [1.82, 2.24) is 25.9 Å². The van der Waals surface area contributed by atoms with Gasteiger partial charge in [0, 0.05) is 19.0 Å². The van der Waals surface area contributed by atoms with Crippen LogP contribution in [0.5, 0.6) is 0 Å². The lowest BCUT2D eigenvalue weighted by atomic mass is 10.00. The van der Waals surface area contributed by atoms with Gasteiger partial charge in [0.2, 0.25) is 17.7 Å². The number of amides is 3. The number of aromatic amines is 1. The molecule has 0 aliphatic heterocycles. The summed E-state index contributed by atoms with van der Waals surface area (Å²) in [4.78, 5) is 57.5. The molecule has 1 rings (SSSR count). The summed E-state index contributed by atoms with van der Waals surface area (Å²) in [5, 5.41) is 17.6. The number of nitrogens with one attached hydrogen (secondary N) is 4. The molecule has 0 spiro atoms. The second-order valence-electron chi connectivity index (χ2n) is 10.5. The van der Waals surface area contributed by atoms with Gasteiger partial charge in [-0.05, 0) is 24.7 Å². The van der Waals surface area contributed by atoms with E-state index in [2.05, 4.69) is 32.8 Å². The summed E-state index contributed by atoms with van der Waals surface area (Å²) < 4.78 is 0. The van der Waals surface area contributed by atoms with E-state index in [9.17, 15) is 24.3 Å². The predicted octanol–water partition coefficient (Wildman–Crippen LogP) is 3.33. The Morgan fingerprint density at radius 2 is 1.51 bits per heavy atom. The number of aromatic nitrogens is 2. The molecular weight excluding hydrogens is 474 g/mol. The fourth-order valence-corrected chi connectivity index (χ4v) is 4.07. The summed E-state index contributed by atoms with van der Waals surface area (Å²) in [5.41, 5.74) is 0.604. The highest BCUT2D eigenvalue weighted by molar-refractivity contribution is 5.93. The highest BCUT2D eigenvalue weighted by Crippen LogP contribution is 2.11. The van der Waals surface area contributed by atoms with Crippen LogP contribution in [0.25, 0.3) is 0 Å². The molecule has 1 aromatic heterocycles. The van der Waals surface area contributed by atoms with Crippen LogP contribution >= 0.6 is 0 Å². The van der Waals surface area contributed by atoms with Gasteiger partial charge in [0.15, 0.2) is 0 Å². The van der Waals surface area contributed by atoms with Crippen LogP contribution in [0.15, 0.2) is 12.5 Å². The number of rotatable bonds is 19. The molecular formula is C27H47N5O5. The smallest absolute Gasteiger partial charge is 0.326 e. The van der Waals surface area contributed by atoms with E-state index < -0.39 is 35.9 Å². The largest absolute Gasteiger partial charge is 0.480 e. The van der Waals surface area contributed by atoms with Gasteiger partial charge in [-0.2, -0.15) is 0 Å². The minimum atomic E-state index is -1.13. The Morgan fingerprint density at radius 3 is 2.05 bits per heavy atom. The van der Waals surface area contributed by atoms with E-state index in [-0.39, 0.29) is 24.2 Å². The first-order valence-corrected chi connectivity index (χ1v) is 13.7. The molecule has 1 heterocycles. The minimum Gasteiger partial charge on any atom is -0.480 e. The lowest BCUT2D eigenvalue weighted by Gasteiger charge is -2.26. The lowest BCUT2D eigenvalue weighted by Crippen LogP contribution is -2.57. The quantitative estimate of drug-likeness (QED) is 0.176. The molecule has 0 bridgehead atoms. The Bertz CT molecular complexity index is 825. The summed E-state index contributed by atoms with van der Waals surface area (Å²) in [5.74, 6) is -2.68. The first-order valence-electron chi connectivity index (χ1n) is 13.7. The number of H-pyrrole nitrogens is 1. The predicted molar refractivity (Wildman–Crippen MR) is 143 cm³/mol. The van der Waals surface area contributed by atoms with E-state index in [0.29, 0.717) is 18.5 Å². The van der Waals surface area contributed by atoms with E-state index in [0.717, 1.165) is 19.3 Å². The highest BCUT2D eigenvalue weighted by atomic mass is 16.4. The maximum atomic E-state index is 13.3. The molecule has 0 saturated heterocycles. The van der Waals surface area contributed by atoms with Crippen LogP contribution < -0.4 is 16.0 Å². The van der Waals surface area contributed by atoms with Gasteiger partial charge >= 0.3 is 5.97 Å². The van der Waals surface area contributed by atoms with Crippen LogP contribution in [-0.2, 0) is 25.6 Å². The number of carbonyl (C=O) groups is 4. The average Bonchev–Trinajstić information content (AvgIpc) is 3.33. The fraction of sp³-hybridized carbons (Fsp3) is 0.741. The van der Waals surface area contributed by atoms with Gasteiger partial charge in [0.25, 0.3) is 0 Å². The zero-order chi connectivity index (χ0) is 27.8.